The SMILES string of the molecule is NC(=O)CC(NC(=O)[C@H](Cc1ccc(NC(=O)CCc2cccnc2)cc1)NC(=O)c1ccsc1)c1ccco1. The van der Waals surface area contributed by atoms with Gasteiger partial charge in [0, 0.05) is 36.3 Å². The number of primary amides is 1. The summed E-state index contributed by atoms with van der Waals surface area (Å²) in [7, 11) is 0. The number of nitrogens with two attached hydrogens (primary N) is 1. The molecule has 0 saturated carbocycles. The van der Waals surface area contributed by atoms with Gasteiger partial charge in [-0.3, -0.25) is 24.2 Å². The van der Waals surface area contributed by atoms with Crippen molar-refractivity contribution in [2.75, 3.05) is 5.32 Å². The number of furan rings is 1. The van der Waals surface area contributed by atoms with Gasteiger partial charge in [0.15, 0.2) is 0 Å². The summed E-state index contributed by atoms with van der Waals surface area (Å²) in [5.74, 6) is -1.27. The van der Waals surface area contributed by atoms with E-state index in [0.717, 1.165) is 11.1 Å². The summed E-state index contributed by atoms with van der Waals surface area (Å²) in [6, 6.07) is 14.0. The molecule has 0 fully saturated rings. The highest BCUT2D eigenvalue weighted by molar-refractivity contribution is 7.08. The number of hydrogen-bond acceptors (Lipinski definition) is 7. The van der Waals surface area contributed by atoms with Crippen molar-refractivity contribution < 1.29 is 23.6 Å². The maximum Gasteiger partial charge on any atom is 0.252 e. The molecule has 10 nitrogen and oxygen atoms in total. The van der Waals surface area contributed by atoms with Crippen molar-refractivity contribution in [3.05, 3.63) is 106 Å². The van der Waals surface area contributed by atoms with Crippen LogP contribution in [-0.4, -0.2) is 34.7 Å². The largest absolute Gasteiger partial charge is 0.467 e. The number of benzene rings is 1. The predicted molar refractivity (Wildman–Crippen MR) is 150 cm³/mol. The van der Waals surface area contributed by atoms with Gasteiger partial charge in [-0.2, -0.15) is 11.3 Å². The van der Waals surface area contributed by atoms with Crippen LogP contribution >= 0.6 is 11.3 Å². The lowest BCUT2D eigenvalue weighted by Gasteiger charge is -2.22. The number of thiophene rings is 1. The third kappa shape index (κ3) is 8.37. The minimum absolute atomic E-state index is 0.129. The molecule has 1 unspecified atom stereocenters. The van der Waals surface area contributed by atoms with Gasteiger partial charge in [-0.25, -0.2) is 0 Å². The number of carbonyl (C=O) groups is 4. The Morgan fingerprint density at radius 1 is 0.975 bits per heavy atom. The molecule has 0 bridgehead atoms. The minimum atomic E-state index is -0.960. The highest BCUT2D eigenvalue weighted by Crippen LogP contribution is 2.19. The first-order valence-corrected chi connectivity index (χ1v) is 13.5. The average Bonchev–Trinajstić information content (AvgIpc) is 3.68. The second-order valence-electron chi connectivity index (χ2n) is 9.10. The summed E-state index contributed by atoms with van der Waals surface area (Å²) in [5.41, 5.74) is 8.17. The number of rotatable bonds is 13. The summed E-state index contributed by atoms with van der Waals surface area (Å²) in [6.45, 7) is 0. The molecule has 2 atom stereocenters. The molecule has 40 heavy (non-hydrogen) atoms. The Morgan fingerprint density at radius 2 is 1.80 bits per heavy atom. The van der Waals surface area contributed by atoms with Gasteiger partial charge in [0.2, 0.25) is 17.7 Å². The molecule has 3 aromatic heterocycles. The number of carbonyl (C=O) groups excluding carboxylic acids is 4. The van der Waals surface area contributed by atoms with Gasteiger partial charge < -0.3 is 26.1 Å². The monoisotopic (exact) mass is 559 g/mol. The number of pyridine rings is 1. The van der Waals surface area contributed by atoms with E-state index in [1.807, 2.05) is 12.1 Å². The van der Waals surface area contributed by atoms with Crippen LogP contribution in [0.2, 0.25) is 0 Å². The number of amides is 4. The molecule has 3 heterocycles. The van der Waals surface area contributed by atoms with E-state index in [2.05, 4.69) is 20.9 Å². The van der Waals surface area contributed by atoms with Gasteiger partial charge in [-0.05, 0) is 59.3 Å². The normalized spacial score (nSPS) is 12.2. The lowest BCUT2D eigenvalue weighted by atomic mass is 10.0. The van der Waals surface area contributed by atoms with Gasteiger partial charge in [-0.15, -0.1) is 0 Å². The fourth-order valence-electron chi connectivity index (χ4n) is 4.02. The summed E-state index contributed by atoms with van der Waals surface area (Å²) < 4.78 is 5.38. The number of anilines is 1. The van der Waals surface area contributed by atoms with Crippen LogP contribution in [0, 0.1) is 0 Å². The van der Waals surface area contributed by atoms with E-state index >= 15 is 0 Å². The van der Waals surface area contributed by atoms with Crippen molar-refractivity contribution in [1.82, 2.24) is 15.6 Å². The first-order chi connectivity index (χ1) is 19.4. The number of nitrogens with one attached hydrogen (secondary N) is 3. The van der Waals surface area contributed by atoms with Crippen LogP contribution < -0.4 is 21.7 Å². The molecule has 0 saturated heterocycles. The van der Waals surface area contributed by atoms with E-state index in [4.69, 9.17) is 10.2 Å². The standard InChI is InChI=1S/C29H29N5O5S/c30-26(35)16-23(25-4-2-13-39-25)33-29(38)24(34-28(37)21-11-14-40-18-21)15-19-5-8-22(9-6-19)32-27(36)10-7-20-3-1-12-31-17-20/h1-6,8-9,11-14,17-18,23-24H,7,10,15-16H2,(H2,30,35)(H,32,36)(H,33,38)(H,34,37)/t23?,24-/m0/s1. The van der Waals surface area contributed by atoms with Crippen LogP contribution in [0.1, 0.15) is 46.1 Å². The van der Waals surface area contributed by atoms with Crippen molar-refractivity contribution in [3.63, 3.8) is 0 Å². The Hall–Kier alpha value is -4.77. The second-order valence-corrected chi connectivity index (χ2v) is 9.88. The molecule has 1 aromatic carbocycles. The van der Waals surface area contributed by atoms with Crippen LogP contribution in [0.3, 0.4) is 0 Å². The summed E-state index contributed by atoms with van der Waals surface area (Å²) in [6.07, 6.45) is 5.74. The van der Waals surface area contributed by atoms with E-state index in [-0.39, 0.29) is 18.7 Å². The lowest BCUT2D eigenvalue weighted by molar-refractivity contribution is -0.124. The molecule has 0 radical (unpaired) electrons. The van der Waals surface area contributed by atoms with Gasteiger partial charge in [0.05, 0.1) is 24.3 Å². The first kappa shape index (κ1) is 28.2. The molecule has 4 aromatic rings. The maximum atomic E-state index is 13.4. The second kappa shape index (κ2) is 13.9. The molecule has 5 N–H and O–H groups in total. The van der Waals surface area contributed by atoms with Gasteiger partial charge >= 0.3 is 0 Å². The zero-order valence-corrected chi connectivity index (χ0v) is 22.4. The topological polar surface area (TPSA) is 156 Å². The zero-order chi connectivity index (χ0) is 28.3. The Kier molecular flexibility index (Phi) is 9.78. The van der Waals surface area contributed by atoms with Crippen molar-refractivity contribution in [3.8, 4) is 0 Å². The summed E-state index contributed by atoms with van der Waals surface area (Å²) in [4.78, 5) is 54.2. The molecule has 0 aliphatic heterocycles. The molecular weight excluding hydrogens is 530 g/mol. The molecule has 4 amide bonds. The van der Waals surface area contributed by atoms with E-state index in [1.54, 1.807) is 65.6 Å². The third-order valence-corrected chi connectivity index (χ3v) is 6.74. The molecule has 206 valence electrons. The Labute approximate surface area is 235 Å². The number of aryl methyl sites for hydroxylation is 1. The van der Waals surface area contributed by atoms with Crippen molar-refractivity contribution in [2.45, 2.75) is 37.8 Å². The van der Waals surface area contributed by atoms with Gasteiger partial charge in [-0.1, -0.05) is 18.2 Å². The predicted octanol–water partition coefficient (Wildman–Crippen LogP) is 3.38. The number of aromatic nitrogens is 1. The average molecular weight is 560 g/mol. The van der Waals surface area contributed by atoms with E-state index in [9.17, 15) is 19.2 Å². The Balaban J connectivity index is 1.42. The molecule has 0 spiro atoms. The summed E-state index contributed by atoms with van der Waals surface area (Å²) in [5, 5.41) is 11.9. The van der Waals surface area contributed by atoms with E-state index in [1.165, 1.54) is 17.6 Å². The van der Waals surface area contributed by atoms with Gasteiger partial charge in [0.1, 0.15) is 11.8 Å². The minimum Gasteiger partial charge on any atom is -0.467 e. The Bertz CT molecular complexity index is 1410. The summed E-state index contributed by atoms with van der Waals surface area (Å²) >= 11 is 1.37. The molecule has 4 rings (SSSR count). The molecule has 0 aliphatic rings. The van der Waals surface area contributed by atoms with Crippen molar-refractivity contribution in [1.29, 1.82) is 0 Å². The molecule has 11 heteroatoms. The fraction of sp³-hybridized carbons (Fsp3) is 0.207. The quantitative estimate of drug-likeness (QED) is 0.197. The van der Waals surface area contributed by atoms with Crippen molar-refractivity contribution in [2.24, 2.45) is 5.73 Å². The number of nitrogens with zero attached hydrogens (tertiary/aromatic N) is 1. The fourth-order valence-corrected chi connectivity index (χ4v) is 4.65. The molecular formula is C29H29N5O5S. The third-order valence-electron chi connectivity index (χ3n) is 6.05. The van der Waals surface area contributed by atoms with Crippen LogP contribution in [0.4, 0.5) is 5.69 Å². The van der Waals surface area contributed by atoms with Crippen LogP contribution in [-0.2, 0) is 27.2 Å². The van der Waals surface area contributed by atoms with Crippen molar-refractivity contribution >= 4 is 40.7 Å². The zero-order valence-electron chi connectivity index (χ0n) is 21.5. The van der Waals surface area contributed by atoms with Crippen LogP contribution in [0.25, 0.3) is 0 Å². The van der Waals surface area contributed by atoms with Crippen LogP contribution in [0.15, 0.2) is 88.4 Å². The van der Waals surface area contributed by atoms with E-state index in [0.29, 0.717) is 29.9 Å². The smallest absolute Gasteiger partial charge is 0.252 e. The number of hydrogen-bond donors (Lipinski definition) is 4. The van der Waals surface area contributed by atoms with E-state index < -0.39 is 29.8 Å². The highest BCUT2D eigenvalue weighted by Gasteiger charge is 2.27. The Morgan fingerprint density at radius 3 is 2.45 bits per heavy atom. The molecule has 0 aliphatic carbocycles. The highest BCUT2D eigenvalue weighted by atomic mass is 32.1. The van der Waals surface area contributed by atoms with Gasteiger partial charge in [0.25, 0.3) is 5.91 Å². The maximum absolute atomic E-state index is 13.4. The first-order valence-electron chi connectivity index (χ1n) is 12.6. The lowest BCUT2D eigenvalue weighted by Crippen LogP contribution is -2.49. The van der Waals surface area contributed by atoms with Crippen LogP contribution in [0.5, 0.6) is 0 Å².